The fraction of sp³-hybridized carbons (Fsp3) is 0.571. The molecule has 0 rings (SSSR count). The van der Waals surface area contributed by atoms with Crippen LogP contribution in [-0.2, 0) is 14.3 Å². The zero-order chi connectivity index (χ0) is 14.7. The summed E-state index contributed by atoms with van der Waals surface area (Å²) >= 11 is 5.91. The first-order chi connectivity index (χ1) is 9.08. The monoisotopic (exact) mass is 287 g/mol. The molecule has 1 atom stereocenters. The number of allylic oxidation sites excluding steroid dienone is 2. The maximum atomic E-state index is 11.0. The van der Waals surface area contributed by atoms with Crippen molar-refractivity contribution in [2.75, 3.05) is 21.3 Å². The van der Waals surface area contributed by atoms with Crippen molar-refractivity contribution >= 4 is 23.3 Å². The third-order valence-electron chi connectivity index (χ3n) is 2.68. The van der Waals surface area contributed by atoms with Gasteiger partial charge < -0.3 is 9.47 Å². The summed E-state index contributed by atoms with van der Waals surface area (Å²) in [4.78, 5) is 15.2. The summed E-state index contributed by atoms with van der Waals surface area (Å²) in [6.07, 6.45) is 5.98. The summed E-state index contributed by atoms with van der Waals surface area (Å²) in [5, 5.41) is 0.525. The second-order valence-corrected chi connectivity index (χ2v) is 4.36. The zero-order valence-electron chi connectivity index (χ0n) is 11.8. The second-order valence-electron chi connectivity index (χ2n) is 3.93. The lowest BCUT2D eigenvalue weighted by Crippen LogP contribution is -2.21. The number of ether oxygens (including phenoxy) is 2. The van der Waals surface area contributed by atoms with Crippen LogP contribution in [0, 0.1) is 0 Å². The molecule has 0 N–H and O–H groups in total. The number of hydrogen-bond donors (Lipinski definition) is 0. The van der Waals surface area contributed by atoms with Gasteiger partial charge in [0.05, 0.1) is 18.9 Å². The van der Waals surface area contributed by atoms with Crippen LogP contribution in [0.15, 0.2) is 28.8 Å². The van der Waals surface area contributed by atoms with Gasteiger partial charge in [0.2, 0.25) is 0 Å². The standard InChI is InChI=1S/C14H22ClNO3/c1-5-11(15)10-12(16-2)13(18-3)8-6-7-9-14(17)19-4/h5,10,13H,1,6-9H2,2-4H3/b11-10+,16-12?. The van der Waals surface area contributed by atoms with E-state index in [-0.39, 0.29) is 12.1 Å². The first-order valence-corrected chi connectivity index (χ1v) is 6.52. The normalized spacial score (nSPS) is 14.1. The Labute approximate surface area is 120 Å². The fourth-order valence-corrected chi connectivity index (χ4v) is 1.70. The van der Waals surface area contributed by atoms with E-state index >= 15 is 0 Å². The number of carbonyl (C=O) groups is 1. The topological polar surface area (TPSA) is 47.9 Å². The van der Waals surface area contributed by atoms with Crippen LogP contribution in [0.3, 0.4) is 0 Å². The third-order valence-corrected chi connectivity index (χ3v) is 2.94. The molecule has 108 valence electrons. The largest absolute Gasteiger partial charge is 0.469 e. The van der Waals surface area contributed by atoms with Gasteiger partial charge in [0.25, 0.3) is 0 Å². The van der Waals surface area contributed by atoms with Gasteiger partial charge in [-0.15, -0.1) is 0 Å². The van der Waals surface area contributed by atoms with E-state index in [2.05, 4.69) is 16.3 Å². The molecule has 0 spiro atoms. The number of esters is 1. The molecule has 0 fully saturated rings. The average molecular weight is 288 g/mol. The molecule has 4 nitrogen and oxygen atoms in total. The number of unbranched alkanes of at least 4 members (excludes halogenated alkanes) is 1. The van der Waals surface area contributed by atoms with Crippen molar-refractivity contribution in [3.8, 4) is 0 Å². The Balaban J connectivity index is 4.32. The van der Waals surface area contributed by atoms with Gasteiger partial charge in [-0.3, -0.25) is 9.79 Å². The van der Waals surface area contributed by atoms with Crippen LogP contribution >= 0.6 is 11.6 Å². The maximum absolute atomic E-state index is 11.0. The van der Waals surface area contributed by atoms with Crippen LogP contribution in [0.5, 0.6) is 0 Å². The minimum absolute atomic E-state index is 0.128. The number of rotatable bonds is 9. The van der Waals surface area contributed by atoms with Gasteiger partial charge in [0.15, 0.2) is 0 Å². The molecule has 0 bridgehead atoms. The summed E-state index contributed by atoms with van der Waals surface area (Å²) in [6.45, 7) is 3.59. The van der Waals surface area contributed by atoms with Crippen LogP contribution in [-0.4, -0.2) is 39.1 Å². The summed E-state index contributed by atoms with van der Waals surface area (Å²) in [5.74, 6) is -0.187. The fourth-order valence-electron chi connectivity index (χ4n) is 1.59. The smallest absolute Gasteiger partial charge is 0.305 e. The molecule has 19 heavy (non-hydrogen) atoms. The van der Waals surface area contributed by atoms with E-state index in [0.717, 1.165) is 25.0 Å². The van der Waals surface area contributed by atoms with Gasteiger partial charge in [0, 0.05) is 25.6 Å². The van der Waals surface area contributed by atoms with Crippen molar-refractivity contribution in [3.05, 3.63) is 23.8 Å². The summed E-state index contributed by atoms with van der Waals surface area (Å²) in [6, 6.07) is 0. The first kappa shape index (κ1) is 17.9. The Morgan fingerprint density at radius 1 is 1.42 bits per heavy atom. The van der Waals surface area contributed by atoms with E-state index in [1.54, 1.807) is 26.3 Å². The highest BCUT2D eigenvalue weighted by atomic mass is 35.5. The number of methoxy groups -OCH3 is 2. The van der Waals surface area contributed by atoms with Crippen LogP contribution in [0.2, 0.25) is 0 Å². The van der Waals surface area contributed by atoms with E-state index in [4.69, 9.17) is 16.3 Å². The molecule has 0 aliphatic heterocycles. The van der Waals surface area contributed by atoms with Gasteiger partial charge >= 0.3 is 5.97 Å². The lowest BCUT2D eigenvalue weighted by molar-refractivity contribution is -0.140. The van der Waals surface area contributed by atoms with Gasteiger partial charge in [-0.2, -0.15) is 0 Å². The van der Waals surface area contributed by atoms with Gasteiger partial charge in [0.1, 0.15) is 0 Å². The summed E-state index contributed by atoms with van der Waals surface area (Å²) < 4.78 is 9.99. The maximum Gasteiger partial charge on any atom is 0.305 e. The molecule has 5 heteroatoms. The van der Waals surface area contributed by atoms with Crippen molar-refractivity contribution in [1.82, 2.24) is 0 Å². The number of aliphatic imine (C=N–C) groups is 1. The van der Waals surface area contributed by atoms with E-state index < -0.39 is 0 Å². The minimum atomic E-state index is -0.187. The Morgan fingerprint density at radius 3 is 2.58 bits per heavy atom. The van der Waals surface area contributed by atoms with Crippen LogP contribution in [0.25, 0.3) is 0 Å². The molecule has 0 saturated heterocycles. The van der Waals surface area contributed by atoms with E-state index in [9.17, 15) is 4.79 Å². The Morgan fingerprint density at radius 2 is 2.11 bits per heavy atom. The molecule has 0 heterocycles. The van der Waals surface area contributed by atoms with Crippen LogP contribution in [0.1, 0.15) is 25.7 Å². The van der Waals surface area contributed by atoms with Crippen molar-refractivity contribution in [3.63, 3.8) is 0 Å². The first-order valence-electron chi connectivity index (χ1n) is 6.15. The zero-order valence-corrected chi connectivity index (χ0v) is 12.6. The molecule has 1 unspecified atom stereocenters. The quantitative estimate of drug-likeness (QED) is 0.283. The number of halogens is 1. The molecule has 0 aromatic carbocycles. The van der Waals surface area contributed by atoms with E-state index in [0.29, 0.717) is 11.5 Å². The van der Waals surface area contributed by atoms with Crippen molar-refractivity contribution < 1.29 is 14.3 Å². The summed E-state index contributed by atoms with van der Waals surface area (Å²) in [5.41, 5.74) is 0.769. The molecule has 0 amide bonds. The molecule has 0 aliphatic carbocycles. The predicted molar refractivity (Wildman–Crippen MR) is 78.8 cm³/mol. The number of nitrogens with zero attached hydrogens (tertiary/aromatic N) is 1. The van der Waals surface area contributed by atoms with Crippen molar-refractivity contribution in [1.29, 1.82) is 0 Å². The third kappa shape index (κ3) is 7.80. The second kappa shape index (κ2) is 10.8. The Kier molecular flexibility index (Phi) is 10.1. The molecular weight excluding hydrogens is 266 g/mol. The summed E-state index contributed by atoms with van der Waals surface area (Å²) in [7, 11) is 4.72. The van der Waals surface area contributed by atoms with Crippen LogP contribution < -0.4 is 0 Å². The SMILES string of the molecule is C=C/C(Cl)=C\C(=NC)C(CCCCC(=O)OC)OC. The molecule has 0 saturated carbocycles. The average Bonchev–Trinajstić information content (AvgIpc) is 2.44. The van der Waals surface area contributed by atoms with Gasteiger partial charge in [-0.1, -0.05) is 24.3 Å². The lowest BCUT2D eigenvalue weighted by atomic mass is 10.1. The predicted octanol–water partition coefficient (Wildman–Crippen LogP) is 3.11. The highest BCUT2D eigenvalue weighted by Crippen LogP contribution is 2.12. The molecule has 0 radical (unpaired) electrons. The van der Waals surface area contributed by atoms with Gasteiger partial charge in [-0.05, 0) is 25.3 Å². The highest BCUT2D eigenvalue weighted by molar-refractivity contribution is 6.33. The van der Waals surface area contributed by atoms with E-state index in [1.165, 1.54) is 7.11 Å². The molecular formula is C14H22ClNO3. The number of hydrogen-bond acceptors (Lipinski definition) is 4. The van der Waals surface area contributed by atoms with Crippen molar-refractivity contribution in [2.24, 2.45) is 4.99 Å². The van der Waals surface area contributed by atoms with E-state index in [1.807, 2.05) is 0 Å². The Bertz CT molecular complexity index is 351. The molecule has 0 aromatic heterocycles. The Hall–Kier alpha value is -1.13. The highest BCUT2D eigenvalue weighted by Gasteiger charge is 2.13. The van der Waals surface area contributed by atoms with Gasteiger partial charge in [-0.25, -0.2) is 0 Å². The van der Waals surface area contributed by atoms with Crippen molar-refractivity contribution in [2.45, 2.75) is 31.8 Å². The number of carbonyl (C=O) groups excluding carboxylic acids is 1. The lowest BCUT2D eigenvalue weighted by Gasteiger charge is -2.15. The van der Waals surface area contributed by atoms with Crippen LogP contribution in [0.4, 0.5) is 0 Å². The molecule has 0 aliphatic rings. The molecule has 0 aromatic rings. The minimum Gasteiger partial charge on any atom is -0.469 e.